The SMILES string of the molecule is O=C(Nc1ccccc1)O[C@@H](CCCO)c1cc(I)ccc1O. The molecule has 2 aromatic carbocycles. The molecule has 3 N–H and O–H groups in total. The lowest BCUT2D eigenvalue weighted by molar-refractivity contribution is 0.0979. The van der Waals surface area contributed by atoms with Gasteiger partial charge in [0, 0.05) is 21.4 Å². The highest BCUT2D eigenvalue weighted by molar-refractivity contribution is 14.1. The van der Waals surface area contributed by atoms with Crippen molar-refractivity contribution < 1.29 is 19.7 Å². The molecule has 0 fully saturated rings. The third-order valence-electron chi connectivity index (χ3n) is 3.23. The number of ether oxygens (including phenoxy) is 1. The summed E-state index contributed by atoms with van der Waals surface area (Å²) in [5.41, 5.74) is 1.17. The molecule has 0 spiro atoms. The predicted molar refractivity (Wildman–Crippen MR) is 96.4 cm³/mol. The summed E-state index contributed by atoms with van der Waals surface area (Å²) >= 11 is 2.13. The van der Waals surface area contributed by atoms with Crippen molar-refractivity contribution in [3.05, 3.63) is 57.7 Å². The zero-order chi connectivity index (χ0) is 16.7. The van der Waals surface area contributed by atoms with E-state index < -0.39 is 12.2 Å². The number of carbonyl (C=O) groups excluding carboxylic acids is 1. The van der Waals surface area contributed by atoms with E-state index in [9.17, 15) is 9.90 Å². The Labute approximate surface area is 148 Å². The normalized spacial score (nSPS) is 11.7. The third kappa shape index (κ3) is 5.40. The molecule has 1 atom stereocenters. The smallest absolute Gasteiger partial charge is 0.412 e. The first-order valence-corrected chi connectivity index (χ1v) is 8.30. The summed E-state index contributed by atoms with van der Waals surface area (Å²) in [6, 6.07) is 14.1. The Balaban J connectivity index is 2.12. The second-order valence-electron chi connectivity index (χ2n) is 4.95. The monoisotopic (exact) mass is 427 g/mol. The number of aliphatic hydroxyl groups excluding tert-OH is 1. The van der Waals surface area contributed by atoms with Crippen LogP contribution < -0.4 is 5.32 Å². The number of carbonyl (C=O) groups is 1. The number of anilines is 1. The minimum Gasteiger partial charge on any atom is -0.508 e. The summed E-state index contributed by atoms with van der Waals surface area (Å²) in [6.45, 7) is -0.00908. The van der Waals surface area contributed by atoms with Crippen LogP contribution in [0.25, 0.3) is 0 Å². The first-order valence-electron chi connectivity index (χ1n) is 7.22. The van der Waals surface area contributed by atoms with Crippen molar-refractivity contribution in [3.8, 4) is 5.75 Å². The molecule has 122 valence electrons. The van der Waals surface area contributed by atoms with Crippen LogP contribution in [0.2, 0.25) is 0 Å². The number of para-hydroxylation sites is 1. The lowest BCUT2D eigenvalue weighted by Gasteiger charge is -2.19. The van der Waals surface area contributed by atoms with Crippen LogP contribution in [-0.4, -0.2) is 22.9 Å². The van der Waals surface area contributed by atoms with Crippen LogP contribution in [0.3, 0.4) is 0 Å². The maximum atomic E-state index is 12.1. The molecule has 1 amide bonds. The van der Waals surface area contributed by atoms with Crippen molar-refractivity contribution in [1.29, 1.82) is 0 Å². The molecule has 0 aliphatic carbocycles. The average molecular weight is 427 g/mol. The van der Waals surface area contributed by atoms with Gasteiger partial charge in [0.2, 0.25) is 0 Å². The average Bonchev–Trinajstić information content (AvgIpc) is 2.54. The van der Waals surface area contributed by atoms with Crippen molar-refractivity contribution in [2.45, 2.75) is 18.9 Å². The van der Waals surface area contributed by atoms with E-state index in [1.807, 2.05) is 18.2 Å². The quantitative estimate of drug-likeness (QED) is 0.608. The van der Waals surface area contributed by atoms with E-state index in [0.29, 0.717) is 24.1 Å². The summed E-state index contributed by atoms with van der Waals surface area (Å²) in [6.07, 6.45) is -0.335. The van der Waals surface area contributed by atoms with E-state index in [0.717, 1.165) is 3.57 Å². The molecule has 0 aliphatic heterocycles. The summed E-state index contributed by atoms with van der Waals surface area (Å²) in [5.74, 6) is 0.0702. The lowest BCUT2D eigenvalue weighted by Crippen LogP contribution is -2.18. The highest BCUT2D eigenvalue weighted by Crippen LogP contribution is 2.32. The van der Waals surface area contributed by atoms with Crippen LogP contribution in [0.4, 0.5) is 10.5 Å². The van der Waals surface area contributed by atoms with Gasteiger partial charge in [0.1, 0.15) is 11.9 Å². The maximum Gasteiger partial charge on any atom is 0.412 e. The molecule has 0 heterocycles. The standard InChI is InChI=1S/C17H18INO4/c18-12-8-9-15(21)14(11-12)16(7-4-10-20)23-17(22)19-13-5-2-1-3-6-13/h1-3,5-6,8-9,11,16,20-21H,4,7,10H2,(H,19,22)/t16-/m0/s1. The van der Waals surface area contributed by atoms with Gasteiger partial charge >= 0.3 is 6.09 Å². The van der Waals surface area contributed by atoms with E-state index in [1.54, 1.807) is 30.3 Å². The number of phenolic OH excluding ortho intramolecular Hbond substituents is 1. The van der Waals surface area contributed by atoms with Crippen molar-refractivity contribution in [2.75, 3.05) is 11.9 Å². The van der Waals surface area contributed by atoms with Crippen LogP contribution in [0.15, 0.2) is 48.5 Å². The van der Waals surface area contributed by atoms with Gasteiger partial charge in [-0.05, 0) is 65.8 Å². The first-order chi connectivity index (χ1) is 11.1. The van der Waals surface area contributed by atoms with E-state index in [4.69, 9.17) is 9.84 Å². The number of amides is 1. The highest BCUT2D eigenvalue weighted by atomic mass is 127. The number of aliphatic hydroxyl groups is 1. The van der Waals surface area contributed by atoms with Gasteiger partial charge in [0.05, 0.1) is 0 Å². The number of hydrogen-bond donors (Lipinski definition) is 3. The molecule has 23 heavy (non-hydrogen) atoms. The molecule has 5 nitrogen and oxygen atoms in total. The summed E-state index contributed by atoms with van der Waals surface area (Å²) < 4.78 is 6.38. The van der Waals surface area contributed by atoms with Crippen molar-refractivity contribution >= 4 is 34.4 Å². The summed E-state index contributed by atoms with van der Waals surface area (Å²) in [7, 11) is 0. The molecule has 0 radical (unpaired) electrons. The maximum absolute atomic E-state index is 12.1. The zero-order valence-electron chi connectivity index (χ0n) is 12.4. The Morgan fingerprint density at radius 2 is 1.96 bits per heavy atom. The number of nitrogens with one attached hydrogen (secondary N) is 1. The molecule has 0 saturated heterocycles. The van der Waals surface area contributed by atoms with Crippen LogP contribution >= 0.6 is 22.6 Å². The van der Waals surface area contributed by atoms with Crippen molar-refractivity contribution in [2.24, 2.45) is 0 Å². The number of benzene rings is 2. The summed E-state index contributed by atoms with van der Waals surface area (Å²) in [5, 5.41) is 21.7. The number of phenols is 1. The first kappa shape index (κ1) is 17.6. The molecule has 2 aromatic rings. The predicted octanol–water partition coefficient (Wildman–Crippen LogP) is 4.06. The number of hydrogen-bond acceptors (Lipinski definition) is 4. The van der Waals surface area contributed by atoms with Crippen LogP contribution in [0.1, 0.15) is 24.5 Å². The van der Waals surface area contributed by atoms with Gasteiger partial charge in [0.25, 0.3) is 0 Å². The van der Waals surface area contributed by atoms with Gasteiger partial charge in [0.15, 0.2) is 0 Å². The molecule has 0 aliphatic rings. The minimum atomic E-state index is -0.624. The van der Waals surface area contributed by atoms with Crippen LogP contribution in [-0.2, 0) is 4.74 Å². The molecular formula is C17H18INO4. The second-order valence-corrected chi connectivity index (χ2v) is 6.20. The van der Waals surface area contributed by atoms with Gasteiger partial charge in [-0.25, -0.2) is 4.79 Å². The molecular weight excluding hydrogens is 409 g/mol. The third-order valence-corrected chi connectivity index (χ3v) is 3.90. The molecule has 6 heteroatoms. The van der Waals surface area contributed by atoms with Crippen LogP contribution in [0.5, 0.6) is 5.75 Å². The van der Waals surface area contributed by atoms with Gasteiger partial charge in [-0.15, -0.1) is 0 Å². The van der Waals surface area contributed by atoms with E-state index >= 15 is 0 Å². The fourth-order valence-electron chi connectivity index (χ4n) is 2.14. The lowest BCUT2D eigenvalue weighted by atomic mass is 10.0. The molecule has 0 saturated carbocycles. The van der Waals surface area contributed by atoms with Crippen molar-refractivity contribution in [1.82, 2.24) is 0 Å². The number of halogens is 1. The van der Waals surface area contributed by atoms with E-state index in [2.05, 4.69) is 27.9 Å². The van der Waals surface area contributed by atoms with E-state index in [1.165, 1.54) is 0 Å². The summed E-state index contributed by atoms with van der Waals surface area (Å²) in [4.78, 5) is 12.1. The van der Waals surface area contributed by atoms with Gasteiger partial charge in [-0.1, -0.05) is 18.2 Å². The van der Waals surface area contributed by atoms with Crippen LogP contribution in [0, 0.1) is 3.57 Å². The minimum absolute atomic E-state index is 0.00908. The van der Waals surface area contributed by atoms with Gasteiger partial charge < -0.3 is 14.9 Å². The number of rotatable bonds is 6. The topological polar surface area (TPSA) is 78.8 Å². The Kier molecular flexibility index (Phi) is 6.66. The Morgan fingerprint density at radius 3 is 2.65 bits per heavy atom. The number of aromatic hydroxyl groups is 1. The van der Waals surface area contributed by atoms with Crippen molar-refractivity contribution in [3.63, 3.8) is 0 Å². The Bertz CT molecular complexity index is 648. The molecule has 0 aromatic heterocycles. The Hall–Kier alpha value is -1.80. The van der Waals surface area contributed by atoms with Gasteiger partial charge in [-0.3, -0.25) is 5.32 Å². The molecule has 2 rings (SSSR count). The molecule has 0 unspecified atom stereocenters. The fraction of sp³-hybridized carbons (Fsp3) is 0.235. The largest absolute Gasteiger partial charge is 0.508 e. The fourth-order valence-corrected chi connectivity index (χ4v) is 2.65. The Morgan fingerprint density at radius 1 is 1.22 bits per heavy atom. The second kappa shape index (κ2) is 8.73. The highest BCUT2D eigenvalue weighted by Gasteiger charge is 2.20. The van der Waals surface area contributed by atoms with Gasteiger partial charge in [-0.2, -0.15) is 0 Å². The van der Waals surface area contributed by atoms with E-state index in [-0.39, 0.29) is 12.4 Å². The molecule has 0 bridgehead atoms. The zero-order valence-corrected chi connectivity index (χ0v) is 14.6.